The Bertz CT molecular complexity index is 375. The molecule has 0 radical (unpaired) electrons. The number of furan rings is 1. The smallest absolute Gasteiger partial charge is 0.404 e. The van der Waals surface area contributed by atoms with Gasteiger partial charge in [0.25, 0.3) is 0 Å². The lowest BCUT2D eigenvalue weighted by Crippen LogP contribution is -2.21. The molecule has 1 rings (SSSR count). The Labute approximate surface area is 89.4 Å². The topological polar surface area (TPSA) is 62.5 Å². The molecule has 0 bridgehead atoms. The summed E-state index contributed by atoms with van der Waals surface area (Å²) in [4.78, 5) is 10.1. The molecule has 1 heterocycles. The van der Waals surface area contributed by atoms with Gasteiger partial charge in [-0.3, -0.25) is 0 Å². The van der Waals surface area contributed by atoms with E-state index < -0.39 is 6.09 Å². The molecule has 74 valence electrons. The number of nitrogens with one attached hydrogen (secondary N) is 1. The first-order chi connectivity index (χ1) is 6.68. The third-order valence-electron chi connectivity index (χ3n) is 1.31. The lowest BCUT2D eigenvalue weighted by Gasteiger charge is -1.92. The highest BCUT2D eigenvalue weighted by molar-refractivity contribution is 9.10. The highest BCUT2D eigenvalue weighted by Gasteiger charge is 1.93. The van der Waals surface area contributed by atoms with Gasteiger partial charge in [0, 0.05) is 13.0 Å². The predicted molar refractivity (Wildman–Crippen MR) is 53.9 cm³/mol. The van der Waals surface area contributed by atoms with Gasteiger partial charge in [0.05, 0.1) is 0 Å². The maximum atomic E-state index is 10.1. The highest BCUT2D eigenvalue weighted by Crippen LogP contribution is 2.12. The second-order valence-corrected chi connectivity index (χ2v) is 3.17. The zero-order valence-electron chi connectivity index (χ0n) is 7.21. The average Bonchev–Trinajstić information content (AvgIpc) is 2.50. The van der Waals surface area contributed by atoms with Gasteiger partial charge in [-0.05, 0) is 34.0 Å². The van der Waals surface area contributed by atoms with Gasteiger partial charge in [0.2, 0.25) is 0 Å². The van der Waals surface area contributed by atoms with Crippen molar-refractivity contribution in [1.82, 2.24) is 5.32 Å². The van der Waals surface area contributed by atoms with Crippen molar-refractivity contribution in [2.24, 2.45) is 0 Å². The van der Waals surface area contributed by atoms with Crippen LogP contribution in [0.15, 0.2) is 21.2 Å². The lowest BCUT2D eigenvalue weighted by atomic mass is 10.4. The number of halogens is 1. The van der Waals surface area contributed by atoms with Gasteiger partial charge in [-0.25, -0.2) is 4.79 Å². The third kappa shape index (κ3) is 4.01. The number of carbonyl (C=O) groups is 1. The molecule has 1 aromatic rings. The fourth-order valence-corrected chi connectivity index (χ4v) is 1.07. The SMILES string of the molecule is O=C(O)NCCC#Cc1ccc(Br)o1. The molecule has 4 nitrogen and oxygen atoms in total. The summed E-state index contributed by atoms with van der Waals surface area (Å²) < 4.78 is 5.75. The standard InChI is InChI=1S/C9H8BrNO3/c10-8-5-4-7(14-8)3-1-2-6-11-9(12)13/h4-5,11H,2,6H2,(H,12,13). The van der Waals surface area contributed by atoms with Crippen LogP contribution in [-0.2, 0) is 0 Å². The van der Waals surface area contributed by atoms with Gasteiger partial charge in [0.1, 0.15) is 0 Å². The van der Waals surface area contributed by atoms with Gasteiger partial charge in [0.15, 0.2) is 10.4 Å². The zero-order valence-corrected chi connectivity index (χ0v) is 8.80. The van der Waals surface area contributed by atoms with Gasteiger partial charge in [-0.2, -0.15) is 0 Å². The van der Waals surface area contributed by atoms with Crippen LogP contribution in [0.2, 0.25) is 0 Å². The fraction of sp³-hybridized carbons (Fsp3) is 0.222. The van der Waals surface area contributed by atoms with Crippen LogP contribution in [0.5, 0.6) is 0 Å². The van der Waals surface area contributed by atoms with Crippen LogP contribution in [0.4, 0.5) is 4.79 Å². The van der Waals surface area contributed by atoms with Crippen molar-refractivity contribution in [2.75, 3.05) is 6.54 Å². The molecule has 0 aliphatic heterocycles. The molecule has 0 unspecified atom stereocenters. The van der Waals surface area contributed by atoms with Crippen LogP contribution in [0.1, 0.15) is 12.2 Å². The normalized spacial score (nSPS) is 8.93. The quantitative estimate of drug-likeness (QED) is 0.630. The maximum Gasteiger partial charge on any atom is 0.404 e. The molecule has 5 heteroatoms. The van der Waals surface area contributed by atoms with E-state index >= 15 is 0 Å². The van der Waals surface area contributed by atoms with Gasteiger partial charge in [-0.15, -0.1) is 0 Å². The molecule has 0 aliphatic carbocycles. The minimum absolute atomic E-state index is 0.324. The maximum absolute atomic E-state index is 10.1. The molecule has 0 aromatic carbocycles. The van der Waals surface area contributed by atoms with E-state index in [1.807, 2.05) is 0 Å². The van der Waals surface area contributed by atoms with Gasteiger partial charge < -0.3 is 14.8 Å². The first-order valence-corrected chi connectivity index (χ1v) is 4.69. The van der Waals surface area contributed by atoms with Crippen LogP contribution in [0, 0.1) is 11.8 Å². The molecule has 0 spiro atoms. The Morgan fingerprint density at radius 2 is 2.43 bits per heavy atom. The Morgan fingerprint density at radius 3 is 3.00 bits per heavy atom. The number of rotatable bonds is 2. The first kappa shape index (κ1) is 10.7. The fourth-order valence-electron chi connectivity index (χ4n) is 0.763. The van der Waals surface area contributed by atoms with E-state index in [2.05, 4.69) is 33.1 Å². The second kappa shape index (κ2) is 5.35. The van der Waals surface area contributed by atoms with E-state index in [0.717, 1.165) is 0 Å². The molecule has 0 atom stereocenters. The second-order valence-electron chi connectivity index (χ2n) is 2.39. The Kier molecular flexibility index (Phi) is 4.08. The molecule has 0 saturated heterocycles. The molecule has 1 amide bonds. The lowest BCUT2D eigenvalue weighted by molar-refractivity contribution is 0.195. The summed E-state index contributed by atoms with van der Waals surface area (Å²) in [6.07, 6.45) is -0.572. The van der Waals surface area contributed by atoms with Gasteiger partial charge in [-0.1, -0.05) is 5.92 Å². The van der Waals surface area contributed by atoms with E-state index in [9.17, 15) is 4.79 Å². The Hall–Kier alpha value is -1.41. The van der Waals surface area contributed by atoms with E-state index in [4.69, 9.17) is 9.52 Å². The van der Waals surface area contributed by atoms with Crippen molar-refractivity contribution in [2.45, 2.75) is 6.42 Å². The van der Waals surface area contributed by atoms with Crippen LogP contribution in [0.25, 0.3) is 0 Å². The number of amides is 1. The molecular formula is C9H8BrNO3. The monoisotopic (exact) mass is 257 g/mol. The summed E-state index contributed by atoms with van der Waals surface area (Å²) >= 11 is 3.15. The molecular weight excluding hydrogens is 250 g/mol. The number of hydrogen-bond donors (Lipinski definition) is 2. The summed E-state index contributed by atoms with van der Waals surface area (Å²) in [5.41, 5.74) is 0. The van der Waals surface area contributed by atoms with Crippen LogP contribution in [-0.4, -0.2) is 17.7 Å². The first-order valence-electron chi connectivity index (χ1n) is 3.89. The summed E-state index contributed by atoms with van der Waals surface area (Å²) in [6.45, 7) is 0.324. The van der Waals surface area contributed by atoms with E-state index in [1.165, 1.54) is 0 Å². The molecule has 2 N–H and O–H groups in total. The summed E-state index contributed by atoms with van der Waals surface area (Å²) in [5, 5.41) is 10.5. The third-order valence-corrected chi connectivity index (χ3v) is 1.74. The van der Waals surface area contributed by atoms with Gasteiger partial charge >= 0.3 is 6.09 Å². The van der Waals surface area contributed by atoms with Crippen molar-refractivity contribution >= 4 is 22.0 Å². The predicted octanol–water partition coefficient (Wildman–Crippen LogP) is 2.05. The van der Waals surface area contributed by atoms with E-state index in [-0.39, 0.29) is 0 Å². The minimum Gasteiger partial charge on any atom is -0.465 e. The molecule has 0 fully saturated rings. The summed E-state index contributed by atoms with van der Waals surface area (Å²) in [7, 11) is 0. The number of hydrogen-bond acceptors (Lipinski definition) is 2. The minimum atomic E-state index is -1.03. The summed E-state index contributed by atoms with van der Waals surface area (Å²) in [6, 6.07) is 3.49. The van der Waals surface area contributed by atoms with Crippen molar-refractivity contribution < 1.29 is 14.3 Å². The average molecular weight is 258 g/mol. The Balaban J connectivity index is 2.30. The van der Waals surface area contributed by atoms with Crippen molar-refractivity contribution in [1.29, 1.82) is 0 Å². The van der Waals surface area contributed by atoms with E-state index in [1.54, 1.807) is 12.1 Å². The van der Waals surface area contributed by atoms with Crippen molar-refractivity contribution in [3.8, 4) is 11.8 Å². The summed E-state index contributed by atoms with van der Waals surface area (Å²) in [5.74, 6) is 6.10. The molecule has 14 heavy (non-hydrogen) atoms. The largest absolute Gasteiger partial charge is 0.465 e. The highest BCUT2D eigenvalue weighted by atomic mass is 79.9. The molecule has 0 aliphatic rings. The van der Waals surface area contributed by atoms with Crippen molar-refractivity contribution in [3.63, 3.8) is 0 Å². The van der Waals surface area contributed by atoms with Crippen LogP contribution in [0.3, 0.4) is 0 Å². The zero-order chi connectivity index (χ0) is 10.4. The molecule has 1 aromatic heterocycles. The van der Waals surface area contributed by atoms with Crippen LogP contribution >= 0.6 is 15.9 Å². The van der Waals surface area contributed by atoms with Crippen molar-refractivity contribution in [3.05, 3.63) is 22.6 Å². The Morgan fingerprint density at radius 1 is 1.64 bits per heavy atom. The number of carboxylic acid groups (broad SMARTS) is 1. The molecule has 0 saturated carbocycles. The van der Waals surface area contributed by atoms with E-state index in [0.29, 0.717) is 23.4 Å². The van der Waals surface area contributed by atoms with Crippen LogP contribution < -0.4 is 5.32 Å².